The minimum atomic E-state index is -3.36. The molecule has 0 unspecified atom stereocenters. The smallest absolute Gasteiger partial charge is 0.192 e. The van der Waals surface area contributed by atoms with E-state index in [-0.39, 0.29) is 0 Å². The van der Waals surface area contributed by atoms with Crippen LogP contribution in [0.4, 0.5) is 0 Å². The van der Waals surface area contributed by atoms with E-state index in [0.29, 0.717) is 12.8 Å². The molecule has 0 fully saturated rings. The molecule has 0 heterocycles. The van der Waals surface area contributed by atoms with Gasteiger partial charge in [-0.3, -0.25) is 0 Å². The zero-order valence-corrected chi connectivity index (χ0v) is 13.7. The molecule has 1 aromatic carbocycles. The van der Waals surface area contributed by atoms with Gasteiger partial charge in [-0.15, -0.1) is 0 Å². The highest BCUT2D eigenvalue weighted by Gasteiger charge is 2.02. The summed E-state index contributed by atoms with van der Waals surface area (Å²) in [5.41, 5.74) is 1.86. The molecule has 6 heteroatoms. The second-order valence-corrected chi connectivity index (χ2v) is 8.00. The van der Waals surface area contributed by atoms with Crippen molar-refractivity contribution in [1.82, 2.24) is 0 Å². The number of hydrogen-bond acceptors (Lipinski definition) is 4. The van der Waals surface area contributed by atoms with Crippen molar-refractivity contribution in [3.8, 4) is 0 Å². The van der Waals surface area contributed by atoms with Crippen molar-refractivity contribution in [2.24, 2.45) is 0 Å². The minimum absolute atomic E-state index is 0.436. The van der Waals surface area contributed by atoms with Gasteiger partial charge < -0.3 is 0 Å². The topological polar surface area (TPSA) is 68.3 Å². The van der Waals surface area contributed by atoms with E-state index in [2.05, 4.69) is 13.2 Å². The summed E-state index contributed by atoms with van der Waals surface area (Å²) in [5.74, 6) is 0. The summed E-state index contributed by atoms with van der Waals surface area (Å²) in [6.45, 7) is 6.47. The van der Waals surface area contributed by atoms with Crippen LogP contribution < -0.4 is 0 Å². The fourth-order valence-corrected chi connectivity index (χ4v) is 2.64. The van der Waals surface area contributed by atoms with Gasteiger partial charge in [0.25, 0.3) is 0 Å². The predicted octanol–water partition coefficient (Wildman–Crippen LogP) is 2.92. The van der Waals surface area contributed by atoms with Crippen LogP contribution in [0.1, 0.15) is 11.1 Å². The molecule has 0 amide bonds. The highest BCUT2D eigenvalue weighted by Crippen LogP contribution is 2.12. The first-order valence-electron chi connectivity index (χ1n) is 6.44. The van der Waals surface area contributed by atoms with E-state index in [1.807, 2.05) is 24.3 Å². The van der Waals surface area contributed by atoms with Gasteiger partial charge >= 0.3 is 0 Å². The van der Waals surface area contributed by atoms with E-state index >= 15 is 0 Å². The standard InChI is InChI=1S/C16H18O4S2/c1-3-21(17,18)13-7-11-15-9-5-6-10-16(15)12-8-14-22(19,20)4-2/h3-10,13-14H,1-2,11-12H2. The lowest BCUT2D eigenvalue weighted by Crippen LogP contribution is -1.94. The number of benzene rings is 1. The average molecular weight is 338 g/mol. The van der Waals surface area contributed by atoms with Crippen molar-refractivity contribution in [1.29, 1.82) is 0 Å². The average Bonchev–Trinajstić information content (AvgIpc) is 2.48. The first-order chi connectivity index (χ1) is 10.3. The van der Waals surface area contributed by atoms with Gasteiger partial charge in [0, 0.05) is 21.6 Å². The van der Waals surface area contributed by atoms with Crippen LogP contribution in [0.2, 0.25) is 0 Å². The molecule has 0 aliphatic rings. The van der Waals surface area contributed by atoms with Crippen molar-refractivity contribution in [3.05, 3.63) is 82.3 Å². The Morgan fingerprint density at radius 3 is 1.45 bits per heavy atom. The molecule has 118 valence electrons. The summed E-state index contributed by atoms with van der Waals surface area (Å²) < 4.78 is 45.2. The molecular formula is C16H18O4S2. The molecule has 0 bridgehead atoms. The van der Waals surface area contributed by atoms with E-state index in [1.54, 1.807) is 12.2 Å². The molecule has 0 N–H and O–H groups in total. The Morgan fingerprint density at radius 1 is 0.773 bits per heavy atom. The van der Waals surface area contributed by atoms with Gasteiger partial charge in [0.2, 0.25) is 0 Å². The van der Waals surface area contributed by atoms with Gasteiger partial charge in [-0.2, -0.15) is 0 Å². The molecular weight excluding hydrogens is 320 g/mol. The summed E-state index contributed by atoms with van der Waals surface area (Å²) >= 11 is 0. The Labute approximate surface area is 132 Å². The van der Waals surface area contributed by atoms with Crippen LogP contribution in [0.25, 0.3) is 0 Å². The third kappa shape index (κ3) is 6.24. The first-order valence-corrected chi connectivity index (χ1v) is 9.66. The molecule has 1 rings (SSSR count). The zero-order chi connectivity index (χ0) is 16.6. The van der Waals surface area contributed by atoms with Crippen molar-refractivity contribution < 1.29 is 16.8 Å². The quantitative estimate of drug-likeness (QED) is 0.731. The third-order valence-corrected chi connectivity index (χ3v) is 4.90. The van der Waals surface area contributed by atoms with E-state index in [1.165, 1.54) is 0 Å². The lowest BCUT2D eigenvalue weighted by molar-refractivity contribution is 0.611. The van der Waals surface area contributed by atoms with Crippen molar-refractivity contribution in [2.75, 3.05) is 0 Å². The lowest BCUT2D eigenvalue weighted by atomic mass is 10.0. The summed E-state index contributed by atoms with van der Waals surface area (Å²) in [6.07, 6.45) is 3.96. The second-order valence-electron chi connectivity index (χ2n) is 4.43. The third-order valence-electron chi connectivity index (χ3n) is 2.83. The monoisotopic (exact) mass is 338 g/mol. The highest BCUT2D eigenvalue weighted by atomic mass is 32.2. The first kappa shape index (κ1) is 18.1. The van der Waals surface area contributed by atoms with Crippen LogP contribution in [-0.4, -0.2) is 16.8 Å². The van der Waals surface area contributed by atoms with Gasteiger partial charge in [-0.1, -0.05) is 49.6 Å². The van der Waals surface area contributed by atoms with E-state index in [9.17, 15) is 16.8 Å². The number of allylic oxidation sites excluding steroid dienone is 2. The largest absolute Gasteiger partial charge is 0.220 e. The van der Waals surface area contributed by atoms with Crippen molar-refractivity contribution >= 4 is 19.7 Å². The van der Waals surface area contributed by atoms with Crippen LogP contribution in [0, 0.1) is 0 Å². The normalized spacial score (nSPS) is 12.7. The van der Waals surface area contributed by atoms with Crippen LogP contribution in [0.5, 0.6) is 0 Å². The molecule has 1 aromatic rings. The highest BCUT2D eigenvalue weighted by molar-refractivity contribution is 7.97. The molecule has 0 saturated carbocycles. The molecule has 4 nitrogen and oxygen atoms in total. The van der Waals surface area contributed by atoms with Gasteiger partial charge in [0.1, 0.15) is 0 Å². The molecule has 0 atom stereocenters. The Balaban J connectivity index is 2.87. The Bertz CT molecular complexity index is 729. The number of sulfone groups is 2. The lowest BCUT2D eigenvalue weighted by Gasteiger charge is -2.04. The molecule has 0 aliphatic carbocycles. The maximum absolute atomic E-state index is 11.3. The maximum Gasteiger partial charge on any atom is 0.192 e. The summed E-state index contributed by atoms with van der Waals surface area (Å²) in [4.78, 5) is 0. The van der Waals surface area contributed by atoms with Crippen LogP contribution in [-0.2, 0) is 32.5 Å². The fourth-order valence-electron chi connectivity index (χ4n) is 1.69. The van der Waals surface area contributed by atoms with E-state index < -0.39 is 19.7 Å². The summed E-state index contributed by atoms with van der Waals surface area (Å²) in [5, 5.41) is 3.99. The van der Waals surface area contributed by atoms with Gasteiger partial charge in [-0.05, 0) is 24.0 Å². The SMILES string of the molecule is C=CS(=O)(=O)C=CCc1ccccc1CC=CS(=O)(=O)C=C. The molecule has 0 spiro atoms. The Hall–Kier alpha value is -1.92. The number of hydrogen-bond donors (Lipinski definition) is 0. The van der Waals surface area contributed by atoms with Crippen LogP contribution in [0.15, 0.2) is 71.2 Å². The van der Waals surface area contributed by atoms with E-state index in [4.69, 9.17) is 0 Å². The van der Waals surface area contributed by atoms with Crippen molar-refractivity contribution in [3.63, 3.8) is 0 Å². The molecule has 0 radical (unpaired) electrons. The van der Waals surface area contributed by atoms with Crippen LogP contribution in [0.3, 0.4) is 0 Å². The fraction of sp³-hybridized carbons (Fsp3) is 0.125. The summed E-state index contributed by atoms with van der Waals surface area (Å²) in [7, 11) is -6.73. The zero-order valence-electron chi connectivity index (χ0n) is 12.1. The molecule has 0 saturated heterocycles. The summed E-state index contributed by atoms with van der Waals surface area (Å²) in [6, 6.07) is 7.43. The van der Waals surface area contributed by atoms with Crippen molar-refractivity contribution in [2.45, 2.75) is 12.8 Å². The minimum Gasteiger partial charge on any atom is -0.220 e. The Kier molecular flexibility index (Phi) is 6.52. The van der Waals surface area contributed by atoms with Gasteiger partial charge in [0.15, 0.2) is 19.7 Å². The Morgan fingerprint density at radius 2 is 1.14 bits per heavy atom. The van der Waals surface area contributed by atoms with Gasteiger partial charge in [-0.25, -0.2) is 16.8 Å². The van der Waals surface area contributed by atoms with Crippen LogP contribution >= 0.6 is 0 Å². The molecule has 22 heavy (non-hydrogen) atoms. The van der Waals surface area contributed by atoms with E-state index in [0.717, 1.165) is 32.8 Å². The van der Waals surface area contributed by atoms with Gasteiger partial charge in [0.05, 0.1) is 0 Å². The predicted molar refractivity (Wildman–Crippen MR) is 90.4 cm³/mol. The second kappa shape index (κ2) is 7.91. The molecule has 0 aliphatic heterocycles. The maximum atomic E-state index is 11.3. The molecule has 0 aromatic heterocycles. The number of rotatable bonds is 8.